The number of benzene rings is 1. The molecule has 1 aromatic carbocycles. The van der Waals surface area contributed by atoms with Crippen LogP contribution in [0.4, 0.5) is 11.6 Å². The molecule has 0 unspecified atom stereocenters. The van der Waals surface area contributed by atoms with Crippen LogP contribution in [-0.2, 0) is 6.54 Å². The van der Waals surface area contributed by atoms with Crippen LogP contribution in [0.1, 0.15) is 12.5 Å². The molecule has 3 N–H and O–H groups in total. The van der Waals surface area contributed by atoms with Crippen LogP contribution in [0.3, 0.4) is 0 Å². The second-order valence-electron chi connectivity index (χ2n) is 4.76. The van der Waals surface area contributed by atoms with Gasteiger partial charge in [-0.15, -0.1) is 0 Å². The van der Waals surface area contributed by atoms with E-state index < -0.39 is 0 Å². The molecule has 0 aliphatic rings. The third-order valence-electron chi connectivity index (χ3n) is 3.19. The van der Waals surface area contributed by atoms with Crippen molar-refractivity contribution < 1.29 is 4.74 Å². The summed E-state index contributed by atoms with van der Waals surface area (Å²) in [5.41, 5.74) is 7.37. The number of nitrogens with one attached hydrogen (secondary N) is 1. The largest absolute Gasteiger partial charge is 0.494 e. The number of ether oxygens (including phenoxy) is 1. The zero-order chi connectivity index (χ0) is 15.4. The Bertz CT molecular complexity index is 790. The summed E-state index contributed by atoms with van der Waals surface area (Å²) >= 11 is 0. The number of aromatic nitrogens is 3. The van der Waals surface area contributed by atoms with Crippen LogP contribution in [0.25, 0.3) is 11.0 Å². The van der Waals surface area contributed by atoms with Crippen LogP contribution in [0.2, 0.25) is 0 Å². The highest BCUT2D eigenvalue weighted by Crippen LogP contribution is 2.20. The lowest BCUT2D eigenvalue weighted by molar-refractivity contribution is 0.340. The molecule has 0 saturated heterocycles. The first-order valence-corrected chi connectivity index (χ1v) is 7.09. The minimum Gasteiger partial charge on any atom is -0.494 e. The molecule has 0 atom stereocenters. The van der Waals surface area contributed by atoms with E-state index >= 15 is 0 Å². The van der Waals surface area contributed by atoms with Crippen molar-refractivity contribution in [2.75, 3.05) is 17.7 Å². The molecule has 0 aliphatic heterocycles. The minimum atomic E-state index is 0.446. The van der Waals surface area contributed by atoms with Crippen molar-refractivity contribution >= 4 is 22.7 Å². The number of pyridine rings is 1. The average Bonchev–Trinajstić information content (AvgIpc) is 2.53. The van der Waals surface area contributed by atoms with Crippen LogP contribution in [0, 0.1) is 0 Å². The van der Waals surface area contributed by atoms with Gasteiger partial charge in [0.25, 0.3) is 0 Å². The molecule has 0 saturated carbocycles. The Morgan fingerprint density at radius 1 is 1.18 bits per heavy atom. The van der Waals surface area contributed by atoms with E-state index in [1.165, 1.54) is 6.33 Å². The number of fused-ring (bicyclic) bond motifs is 1. The van der Waals surface area contributed by atoms with Gasteiger partial charge in [-0.05, 0) is 36.8 Å². The van der Waals surface area contributed by atoms with Gasteiger partial charge in [-0.25, -0.2) is 15.0 Å². The zero-order valence-electron chi connectivity index (χ0n) is 12.3. The quantitative estimate of drug-likeness (QED) is 0.752. The summed E-state index contributed by atoms with van der Waals surface area (Å²) in [5.74, 6) is 2.05. The van der Waals surface area contributed by atoms with E-state index in [2.05, 4.69) is 20.3 Å². The highest BCUT2D eigenvalue weighted by Gasteiger charge is 2.05. The average molecular weight is 295 g/mol. The number of hydrogen-bond acceptors (Lipinski definition) is 6. The molecule has 0 aliphatic carbocycles. The maximum Gasteiger partial charge on any atom is 0.166 e. The lowest BCUT2D eigenvalue weighted by Crippen LogP contribution is -2.04. The Kier molecular flexibility index (Phi) is 4.00. The number of anilines is 2. The summed E-state index contributed by atoms with van der Waals surface area (Å²) < 4.78 is 5.50. The van der Waals surface area contributed by atoms with Crippen molar-refractivity contribution in [2.45, 2.75) is 13.5 Å². The van der Waals surface area contributed by atoms with Crippen molar-refractivity contribution in [3.63, 3.8) is 0 Å². The maximum atomic E-state index is 5.68. The summed E-state index contributed by atoms with van der Waals surface area (Å²) in [6, 6.07) is 11.6. The maximum absolute atomic E-state index is 5.68. The van der Waals surface area contributed by atoms with Gasteiger partial charge in [-0.3, -0.25) is 0 Å². The zero-order valence-corrected chi connectivity index (χ0v) is 12.3. The van der Waals surface area contributed by atoms with Crippen LogP contribution in [0.15, 0.2) is 42.7 Å². The number of hydrogen-bond donors (Lipinski definition) is 2. The fraction of sp³-hybridized carbons (Fsp3) is 0.188. The molecular formula is C16H17N5O. The lowest BCUT2D eigenvalue weighted by Gasteiger charge is -2.09. The first-order chi connectivity index (χ1) is 10.8. The molecule has 3 aromatic rings. The topological polar surface area (TPSA) is 86.0 Å². The molecule has 22 heavy (non-hydrogen) atoms. The summed E-state index contributed by atoms with van der Waals surface area (Å²) in [6.07, 6.45) is 1.48. The molecule has 0 spiro atoms. The summed E-state index contributed by atoms with van der Waals surface area (Å²) in [6.45, 7) is 3.26. The van der Waals surface area contributed by atoms with Gasteiger partial charge >= 0.3 is 0 Å². The smallest absolute Gasteiger partial charge is 0.166 e. The van der Waals surface area contributed by atoms with Crippen molar-refractivity contribution in [3.8, 4) is 5.75 Å². The highest BCUT2D eigenvalue weighted by atomic mass is 16.5. The molecule has 3 rings (SSSR count). The Balaban J connectivity index is 1.80. The van der Waals surface area contributed by atoms with E-state index in [1.807, 2.05) is 37.3 Å². The lowest BCUT2D eigenvalue weighted by atomic mass is 10.2. The van der Waals surface area contributed by atoms with Crippen LogP contribution in [-0.4, -0.2) is 21.6 Å². The van der Waals surface area contributed by atoms with Gasteiger partial charge in [-0.1, -0.05) is 12.1 Å². The minimum absolute atomic E-state index is 0.446. The van der Waals surface area contributed by atoms with E-state index in [1.54, 1.807) is 6.07 Å². The molecule has 0 fully saturated rings. The normalized spacial score (nSPS) is 10.6. The Morgan fingerprint density at radius 3 is 2.95 bits per heavy atom. The van der Waals surface area contributed by atoms with Gasteiger partial charge in [0.2, 0.25) is 0 Å². The van der Waals surface area contributed by atoms with Crippen LogP contribution < -0.4 is 15.8 Å². The summed E-state index contributed by atoms with van der Waals surface area (Å²) in [4.78, 5) is 12.6. The molecule has 0 bridgehead atoms. The summed E-state index contributed by atoms with van der Waals surface area (Å²) in [7, 11) is 0. The monoisotopic (exact) mass is 295 g/mol. The van der Waals surface area contributed by atoms with Gasteiger partial charge < -0.3 is 15.8 Å². The second kappa shape index (κ2) is 6.26. The molecular weight excluding hydrogens is 278 g/mol. The van der Waals surface area contributed by atoms with Gasteiger partial charge in [0.05, 0.1) is 12.0 Å². The summed E-state index contributed by atoms with van der Waals surface area (Å²) in [5, 5.41) is 4.15. The first-order valence-electron chi connectivity index (χ1n) is 7.09. The Hall–Kier alpha value is -2.89. The Morgan fingerprint density at radius 2 is 2.09 bits per heavy atom. The first kappa shape index (κ1) is 14.1. The molecule has 0 amide bonds. The molecule has 6 heteroatoms. The molecule has 112 valence electrons. The third kappa shape index (κ3) is 3.06. The predicted octanol–water partition coefficient (Wildman–Crippen LogP) is 2.62. The van der Waals surface area contributed by atoms with Crippen LogP contribution >= 0.6 is 0 Å². The highest BCUT2D eigenvalue weighted by molar-refractivity contribution is 5.87. The SMILES string of the molecule is CCOc1cccc(CNc2ncnc3nc(N)ccc23)c1. The number of nitrogens with two attached hydrogens (primary N) is 1. The Labute approximate surface area is 128 Å². The second-order valence-corrected chi connectivity index (χ2v) is 4.76. The molecule has 2 aromatic heterocycles. The number of rotatable bonds is 5. The van der Waals surface area contributed by atoms with Gasteiger partial charge in [-0.2, -0.15) is 0 Å². The van der Waals surface area contributed by atoms with E-state index in [0.29, 0.717) is 24.6 Å². The van der Waals surface area contributed by atoms with Gasteiger partial charge in [0, 0.05) is 6.54 Å². The van der Waals surface area contributed by atoms with Crippen molar-refractivity contribution in [1.29, 1.82) is 0 Å². The standard InChI is InChI=1S/C16H17N5O/c1-2-22-12-5-3-4-11(8-12)9-18-15-13-6-7-14(17)21-16(13)20-10-19-15/h3-8,10H,2,9H2,1H3,(H3,17,18,19,20,21). The fourth-order valence-electron chi connectivity index (χ4n) is 2.20. The van der Waals surface area contributed by atoms with Crippen LogP contribution in [0.5, 0.6) is 5.75 Å². The van der Waals surface area contributed by atoms with Gasteiger partial charge in [0.1, 0.15) is 23.7 Å². The third-order valence-corrected chi connectivity index (χ3v) is 3.19. The number of nitrogens with zero attached hydrogens (tertiary/aromatic N) is 3. The van der Waals surface area contributed by atoms with E-state index in [4.69, 9.17) is 10.5 Å². The molecule has 0 radical (unpaired) electrons. The predicted molar refractivity (Wildman–Crippen MR) is 86.7 cm³/mol. The van der Waals surface area contributed by atoms with Gasteiger partial charge in [0.15, 0.2) is 5.65 Å². The molecule has 6 nitrogen and oxygen atoms in total. The van der Waals surface area contributed by atoms with E-state index in [0.717, 1.165) is 22.5 Å². The van der Waals surface area contributed by atoms with E-state index in [-0.39, 0.29) is 0 Å². The van der Waals surface area contributed by atoms with E-state index in [9.17, 15) is 0 Å². The fourth-order valence-corrected chi connectivity index (χ4v) is 2.20. The molecule has 2 heterocycles. The van der Waals surface area contributed by atoms with Crippen molar-refractivity contribution in [2.24, 2.45) is 0 Å². The number of nitrogen functional groups attached to an aromatic ring is 1. The van der Waals surface area contributed by atoms with Crippen molar-refractivity contribution in [3.05, 3.63) is 48.3 Å². The van der Waals surface area contributed by atoms with Crippen molar-refractivity contribution in [1.82, 2.24) is 15.0 Å².